The van der Waals surface area contributed by atoms with Crippen molar-refractivity contribution in [1.82, 2.24) is 9.03 Å². The molecule has 0 aliphatic carbocycles. The Kier molecular flexibility index (Phi) is 6.14. The highest BCUT2D eigenvalue weighted by Gasteiger charge is 2.30. The number of carbonyl (C=O) groups is 1. The van der Waals surface area contributed by atoms with Crippen LogP contribution in [0, 0.1) is 0 Å². The van der Waals surface area contributed by atoms with Crippen molar-refractivity contribution in [2.24, 2.45) is 0 Å². The zero-order valence-electron chi connectivity index (χ0n) is 12.9. The highest BCUT2D eigenvalue weighted by Crippen LogP contribution is 2.30. The lowest BCUT2D eigenvalue weighted by Gasteiger charge is -2.22. The summed E-state index contributed by atoms with van der Waals surface area (Å²) >= 11 is 0. The lowest BCUT2D eigenvalue weighted by molar-refractivity contribution is -0.137. The standard InChI is InChI=1S/C13H18F3N3O3S/c1-10(20)19(9-8-17-23(21,22)18(2)3)12-6-4-11(5-7-12)13(14,15)16/h4-7,17H,8-9H2,1-3H3. The predicted octanol–water partition coefficient (Wildman–Crippen LogP) is 1.45. The van der Waals surface area contributed by atoms with Gasteiger partial charge in [0, 0.05) is 39.8 Å². The van der Waals surface area contributed by atoms with Gasteiger partial charge in [0.2, 0.25) is 5.91 Å². The number of anilines is 1. The second-order valence-corrected chi connectivity index (χ2v) is 6.87. The molecule has 0 aliphatic heterocycles. The average Bonchev–Trinajstić information content (AvgIpc) is 2.42. The Labute approximate surface area is 133 Å². The van der Waals surface area contributed by atoms with Crippen molar-refractivity contribution in [3.63, 3.8) is 0 Å². The van der Waals surface area contributed by atoms with Gasteiger partial charge in [-0.15, -0.1) is 0 Å². The molecule has 0 fully saturated rings. The van der Waals surface area contributed by atoms with E-state index in [2.05, 4.69) is 4.72 Å². The van der Waals surface area contributed by atoms with E-state index >= 15 is 0 Å². The third-order valence-corrected chi connectivity index (χ3v) is 4.52. The summed E-state index contributed by atoms with van der Waals surface area (Å²) in [7, 11) is -0.935. The quantitative estimate of drug-likeness (QED) is 0.842. The maximum atomic E-state index is 12.5. The molecule has 0 aliphatic rings. The first-order chi connectivity index (χ1) is 10.4. The molecule has 0 unspecified atom stereocenters. The highest BCUT2D eigenvalue weighted by atomic mass is 32.2. The summed E-state index contributed by atoms with van der Waals surface area (Å²) in [4.78, 5) is 12.8. The molecule has 0 radical (unpaired) electrons. The number of rotatable bonds is 6. The summed E-state index contributed by atoms with van der Waals surface area (Å²) in [5.41, 5.74) is -0.562. The van der Waals surface area contributed by atoms with Crippen molar-refractivity contribution in [2.45, 2.75) is 13.1 Å². The molecule has 1 amide bonds. The topological polar surface area (TPSA) is 69.7 Å². The molecule has 1 N–H and O–H groups in total. The average molecular weight is 353 g/mol. The van der Waals surface area contributed by atoms with Gasteiger partial charge in [0.05, 0.1) is 5.56 Å². The minimum absolute atomic E-state index is 0.00618. The summed E-state index contributed by atoms with van der Waals surface area (Å²) in [6.07, 6.45) is -4.46. The Bertz CT molecular complexity index is 643. The Balaban J connectivity index is 2.82. The van der Waals surface area contributed by atoms with Crippen LogP contribution in [0.4, 0.5) is 18.9 Å². The predicted molar refractivity (Wildman–Crippen MR) is 80.1 cm³/mol. The molecule has 0 spiro atoms. The minimum atomic E-state index is -4.46. The van der Waals surface area contributed by atoms with Gasteiger partial charge in [0.15, 0.2) is 0 Å². The smallest absolute Gasteiger partial charge is 0.311 e. The molecule has 6 nitrogen and oxygen atoms in total. The van der Waals surface area contributed by atoms with Gasteiger partial charge in [-0.3, -0.25) is 4.79 Å². The largest absolute Gasteiger partial charge is 0.416 e. The first kappa shape index (κ1) is 19.4. The first-order valence-corrected chi connectivity index (χ1v) is 8.01. The second kappa shape index (κ2) is 7.28. The van der Waals surface area contributed by atoms with Crippen molar-refractivity contribution >= 4 is 21.8 Å². The maximum Gasteiger partial charge on any atom is 0.416 e. The molecule has 0 saturated heterocycles. The van der Waals surface area contributed by atoms with E-state index in [1.54, 1.807) is 0 Å². The molecule has 0 heterocycles. The number of carbonyl (C=O) groups excluding carboxylic acids is 1. The van der Waals surface area contributed by atoms with Gasteiger partial charge in [-0.2, -0.15) is 25.9 Å². The van der Waals surface area contributed by atoms with Crippen molar-refractivity contribution in [3.8, 4) is 0 Å². The number of hydrogen-bond donors (Lipinski definition) is 1. The van der Waals surface area contributed by atoms with Crippen LogP contribution in [-0.2, 0) is 21.2 Å². The van der Waals surface area contributed by atoms with Crippen LogP contribution in [0.15, 0.2) is 24.3 Å². The van der Waals surface area contributed by atoms with E-state index in [4.69, 9.17) is 0 Å². The Morgan fingerprint density at radius 3 is 2.09 bits per heavy atom. The van der Waals surface area contributed by atoms with Crippen LogP contribution >= 0.6 is 0 Å². The molecular weight excluding hydrogens is 335 g/mol. The lowest BCUT2D eigenvalue weighted by atomic mass is 10.2. The summed E-state index contributed by atoms with van der Waals surface area (Å²) in [5.74, 6) is -0.409. The van der Waals surface area contributed by atoms with Gasteiger partial charge >= 0.3 is 6.18 Å². The minimum Gasteiger partial charge on any atom is -0.311 e. The molecule has 10 heteroatoms. The monoisotopic (exact) mass is 353 g/mol. The summed E-state index contributed by atoms with van der Waals surface area (Å²) in [5, 5.41) is 0. The number of nitrogens with zero attached hydrogens (tertiary/aromatic N) is 2. The zero-order valence-corrected chi connectivity index (χ0v) is 13.7. The molecular formula is C13H18F3N3O3S. The Morgan fingerprint density at radius 1 is 1.17 bits per heavy atom. The first-order valence-electron chi connectivity index (χ1n) is 6.57. The number of benzene rings is 1. The van der Waals surface area contributed by atoms with Crippen LogP contribution in [0.25, 0.3) is 0 Å². The molecule has 0 aromatic heterocycles. The van der Waals surface area contributed by atoms with Crippen LogP contribution in [-0.4, -0.2) is 45.8 Å². The number of hydrogen-bond acceptors (Lipinski definition) is 3. The van der Waals surface area contributed by atoms with Gasteiger partial charge in [0.25, 0.3) is 10.2 Å². The fourth-order valence-corrected chi connectivity index (χ4v) is 2.32. The van der Waals surface area contributed by atoms with Gasteiger partial charge in [-0.05, 0) is 24.3 Å². The SMILES string of the molecule is CC(=O)N(CCNS(=O)(=O)N(C)C)c1ccc(C(F)(F)F)cc1. The van der Waals surface area contributed by atoms with Crippen molar-refractivity contribution in [3.05, 3.63) is 29.8 Å². The van der Waals surface area contributed by atoms with Crippen LogP contribution in [0.5, 0.6) is 0 Å². The molecule has 1 aromatic carbocycles. The van der Waals surface area contributed by atoms with E-state index in [0.29, 0.717) is 0 Å². The third-order valence-electron chi connectivity index (χ3n) is 2.99. The summed E-state index contributed by atoms with van der Waals surface area (Å²) in [6, 6.07) is 4.08. The molecule has 0 atom stereocenters. The van der Waals surface area contributed by atoms with Crippen LogP contribution in [0.3, 0.4) is 0 Å². The van der Waals surface area contributed by atoms with E-state index < -0.39 is 27.9 Å². The fourth-order valence-electron chi connectivity index (χ4n) is 1.71. The molecule has 23 heavy (non-hydrogen) atoms. The number of halogens is 3. The molecule has 0 bridgehead atoms. The molecule has 130 valence electrons. The highest BCUT2D eigenvalue weighted by molar-refractivity contribution is 7.87. The van der Waals surface area contributed by atoms with Gasteiger partial charge in [0.1, 0.15) is 0 Å². The molecule has 1 rings (SSSR count). The molecule has 1 aromatic rings. The van der Waals surface area contributed by atoms with Crippen molar-refractivity contribution < 1.29 is 26.4 Å². The van der Waals surface area contributed by atoms with E-state index in [-0.39, 0.29) is 18.8 Å². The number of nitrogens with one attached hydrogen (secondary N) is 1. The normalized spacial score (nSPS) is 12.5. The Hall–Kier alpha value is -1.65. The van der Waals surface area contributed by atoms with E-state index in [1.807, 2.05) is 0 Å². The lowest BCUT2D eigenvalue weighted by Crippen LogP contribution is -2.41. The van der Waals surface area contributed by atoms with Gasteiger partial charge in [-0.25, -0.2) is 4.72 Å². The molecule has 0 saturated carbocycles. The fraction of sp³-hybridized carbons (Fsp3) is 0.462. The summed E-state index contributed by atoms with van der Waals surface area (Å²) in [6.45, 7) is 1.17. The second-order valence-electron chi connectivity index (χ2n) is 4.90. The number of amides is 1. The zero-order chi connectivity index (χ0) is 17.8. The van der Waals surface area contributed by atoms with Crippen LogP contribution < -0.4 is 9.62 Å². The van der Waals surface area contributed by atoms with Crippen LogP contribution in [0.1, 0.15) is 12.5 Å². The summed E-state index contributed by atoms with van der Waals surface area (Å²) < 4.78 is 63.9. The van der Waals surface area contributed by atoms with Gasteiger partial charge in [-0.1, -0.05) is 0 Å². The van der Waals surface area contributed by atoms with E-state index in [9.17, 15) is 26.4 Å². The Morgan fingerprint density at radius 2 is 1.70 bits per heavy atom. The number of alkyl halides is 3. The van der Waals surface area contributed by atoms with Crippen molar-refractivity contribution in [2.75, 3.05) is 32.1 Å². The maximum absolute atomic E-state index is 12.5. The van der Waals surface area contributed by atoms with Crippen LogP contribution in [0.2, 0.25) is 0 Å². The van der Waals surface area contributed by atoms with E-state index in [1.165, 1.54) is 38.1 Å². The third kappa shape index (κ3) is 5.48. The van der Waals surface area contributed by atoms with E-state index in [0.717, 1.165) is 16.4 Å². The van der Waals surface area contributed by atoms with Gasteiger partial charge < -0.3 is 4.90 Å². The van der Waals surface area contributed by atoms with Crippen molar-refractivity contribution in [1.29, 1.82) is 0 Å².